The Kier molecular flexibility index (Phi) is 7.03. The Balaban J connectivity index is 0.00000242. The number of nitrogens with two attached hydrogens (primary N) is 1. The van der Waals surface area contributed by atoms with E-state index in [0.717, 1.165) is 6.07 Å². The smallest absolute Gasteiger partial charge is 0.226 e. The van der Waals surface area contributed by atoms with E-state index in [4.69, 9.17) is 10.5 Å². The molecule has 2 N–H and O–H groups in total. The van der Waals surface area contributed by atoms with Gasteiger partial charge in [-0.05, 0) is 12.1 Å². The maximum Gasteiger partial charge on any atom is 0.226 e. The first kappa shape index (κ1) is 18.6. The number of nitrogens with zero attached hydrogens (tertiary/aromatic N) is 1. The highest BCUT2D eigenvalue weighted by molar-refractivity contribution is 5.85. The summed E-state index contributed by atoms with van der Waals surface area (Å²) < 4.78 is 31.9. The summed E-state index contributed by atoms with van der Waals surface area (Å²) in [4.78, 5) is 13.8. The minimum absolute atomic E-state index is 0. The number of carbonyl (C=O) groups is 1. The van der Waals surface area contributed by atoms with Crippen LogP contribution in [0, 0.1) is 17.6 Å². The lowest BCUT2D eigenvalue weighted by molar-refractivity contribution is -0.136. The highest BCUT2D eigenvalue weighted by Crippen LogP contribution is 2.23. The van der Waals surface area contributed by atoms with E-state index in [2.05, 4.69) is 0 Å². The summed E-state index contributed by atoms with van der Waals surface area (Å²) in [6.07, 6.45) is 1.09. The summed E-state index contributed by atoms with van der Waals surface area (Å²) in [6, 6.07) is 3.26. The first-order valence-corrected chi connectivity index (χ1v) is 7.12. The lowest BCUT2D eigenvalue weighted by Crippen LogP contribution is -2.45. The Bertz CT molecular complexity index is 508. The predicted octanol–water partition coefficient (Wildman–Crippen LogP) is 2.35. The molecule has 1 aliphatic heterocycles. The lowest BCUT2D eigenvalue weighted by Gasteiger charge is -2.33. The van der Waals surface area contributed by atoms with Gasteiger partial charge < -0.3 is 15.4 Å². The van der Waals surface area contributed by atoms with Crippen LogP contribution in [0.3, 0.4) is 0 Å². The van der Waals surface area contributed by atoms with Gasteiger partial charge in [-0.3, -0.25) is 4.79 Å². The highest BCUT2D eigenvalue weighted by Gasteiger charge is 2.26. The van der Waals surface area contributed by atoms with Gasteiger partial charge in [-0.15, -0.1) is 12.4 Å². The van der Waals surface area contributed by atoms with Crippen LogP contribution in [-0.4, -0.2) is 36.5 Å². The number of halogens is 3. The van der Waals surface area contributed by atoms with Crippen molar-refractivity contribution < 1.29 is 18.3 Å². The molecule has 1 amide bonds. The summed E-state index contributed by atoms with van der Waals surface area (Å²) in [5, 5.41) is 0. The van der Waals surface area contributed by atoms with Gasteiger partial charge in [0.1, 0.15) is 11.9 Å². The second kappa shape index (κ2) is 8.29. The molecule has 1 unspecified atom stereocenters. The fourth-order valence-electron chi connectivity index (χ4n) is 2.36. The molecule has 22 heavy (non-hydrogen) atoms. The molecule has 0 saturated carbocycles. The zero-order valence-corrected chi connectivity index (χ0v) is 13.2. The van der Waals surface area contributed by atoms with Crippen molar-refractivity contribution in [2.75, 3.05) is 19.6 Å². The lowest BCUT2D eigenvalue weighted by atomic mass is 10.0. The van der Waals surface area contributed by atoms with Crippen LogP contribution in [-0.2, 0) is 4.79 Å². The molecular formula is C15H21ClF2N2O2. The molecule has 1 heterocycles. The molecule has 0 spiro atoms. The maximum absolute atomic E-state index is 13.5. The maximum atomic E-state index is 13.5. The normalized spacial score (nSPS) is 16.8. The van der Waals surface area contributed by atoms with Gasteiger partial charge >= 0.3 is 0 Å². The van der Waals surface area contributed by atoms with Crippen LogP contribution in [0.5, 0.6) is 5.75 Å². The minimum atomic E-state index is -0.703. The third kappa shape index (κ3) is 4.55. The van der Waals surface area contributed by atoms with Gasteiger partial charge in [-0.1, -0.05) is 6.92 Å². The van der Waals surface area contributed by atoms with Crippen LogP contribution in [0.4, 0.5) is 8.78 Å². The molecule has 7 heteroatoms. The van der Waals surface area contributed by atoms with E-state index in [0.29, 0.717) is 32.5 Å². The van der Waals surface area contributed by atoms with E-state index in [9.17, 15) is 13.6 Å². The SMILES string of the molecule is CC(CN)C(=O)N1CCC(Oc2ccc(F)cc2F)CC1.Cl. The predicted molar refractivity (Wildman–Crippen MR) is 82.1 cm³/mol. The summed E-state index contributed by atoms with van der Waals surface area (Å²) in [6.45, 7) is 3.27. The van der Waals surface area contributed by atoms with Gasteiger partial charge in [0.2, 0.25) is 5.91 Å². The third-order valence-corrected chi connectivity index (χ3v) is 3.72. The van der Waals surface area contributed by atoms with Gasteiger partial charge in [-0.2, -0.15) is 0 Å². The second-order valence-corrected chi connectivity index (χ2v) is 5.35. The second-order valence-electron chi connectivity index (χ2n) is 5.35. The topological polar surface area (TPSA) is 55.6 Å². The Morgan fingerprint density at radius 1 is 1.41 bits per heavy atom. The zero-order valence-electron chi connectivity index (χ0n) is 12.4. The fourth-order valence-corrected chi connectivity index (χ4v) is 2.36. The molecular weight excluding hydrogens is 314 g/mol. The van der Waals surface area contributed by atoms with Crippen LogP contribution >= 0.6 is 12.4 Å². The first-order chi connectivity index (χ1) is 10.0. The van der Waals surface area contributed by atoms with Crippen LogP contribution in [0.25, 0.3) is 0 Å². The molecule has 0 radical (unpaired) electrons. The van der Waals surface area contributed by atoms with E-state index >= 15 is 0 Å². The number of rotatable bonds is 4. The molecule has 1 aromatic carbocycles. The molecule has 0 aliphatic carbocycles. The Morgan fingerprint density at radius 2 is 2.05 bits per heavy atom. The summed E-state index contributed by atoms with van der Waals surface area (Å²) in [5.41, 5.74) is 5.49. The number of hydrogen-bond donors (Lipinski definition) is 1. The summed E-state index contributed by atoms with van der Waals surface area (Å²) in [7, 11) is 0. The van der Waals surface area contributed by atoms with Crippen LogP contribution in [0.2, 0.25) is 0 Å². The number of piperidine rings is 1. The monoisotopic (exact) mass is 334 g/mol. The van der Waals surface area contributed by atoms with Crippen molar-refractivity contribution in [1.82, 2.24) is 4.90 Å². The van der Waals surface area contributed by atoms with Crippen molar-refractivity contribution in [3.63, 3.8) is 0 Å². The number of hydrogen-bond acceptors (Lipinski definition) is 3. The van der Waals surface area contributed by atoms with Crippen molar-refractivity contribution in [3.8, 4) is 5.75 Å². The fraction of sp³-hybridized carbons (Fsp3) is 0.533. The Labute approximate surface area is 135 Å². The number of likely N-dealkylation sites (tertiary alicyclic amines) is 1. The quantitative estimate of drug-likeness (QED) is 0.919. The van der Waals surface area contributed by atoms with Gasteiger partial charge in [0, 0.05) is 44.5 Å². The standard InChI is InChI=1S/C15H20F2N2O2.ClH/c1-10(9-18)15(20)19-6-4-12(5-7-19)21-14-3-2-11(16)8-13(14)17;/h2-3,8,10,12H,4-7,9,18H2,1H3;1H. The van der Waals surface area contributed by atoms with Crippen molar-refractivity contribution in [3.05, 3.63) is 29.8 Å². The molecule has 1 atom stereocenters. The van der Waals surface area contributed by atoms with Crippen molar-refractivity contribution >= 4 is 18.3 Å². The van der Waals surface area contributed by atoms with Crippen LogP contribution in [0.1, 0.15) is 19.8 Å². The van der Waals surface area contributed by atoms with Gasteiger partial charge in [0.05, 0.1) is 0 Å². The van der Waals surface area contributed by atoms with Gasteiger partial charge in [0.15, 0.2) is 11.6 Å². The zero-order chi connectivity index (χ0) is 15.4. The van der Waals surface area contributed by atoms with Gasteiger partial charge in [-0.25, -0.2) is 8.78 Å². The van der Waals surface area contributed by atoms with E-state index < -0.39 is 11.6 Å². The Hall–Kier alpha value is -1.40. The van der Waals surface area contributed by atoms with Crippen molar-refractivity contribution in [2.24, 2.45) is 11.7 Å². The molecule has 124 valence electrons. The number of carbonyl (C=O) groups excluding carboxylic acids is 1. The van der Waals surface area contributed by atoms with E-state index in [1.54, 1.807) is 11.8 Å². The summed E-state index contributed by atoms with van der Waals surface area (Å²) >= 11 is 0. The molecule has 2 rings (SSSR count). The minimum Gasteiger partial charge on any atom is -0.487 e. The number of benzene rings is 1. The average Bonchev–Trinajstić information content (AvgIpc) is 2.49. The molecule has 0 bridgehead atoms. The first-order valence-electron chi connectivity index (χ1n) is 7.12. The van der Waals surface area contributed by atoms with E-state index in [1.165, 1.54) is 12.1 Å². The molecule has 0 aromatic heterocycles. The summed E-state index contributed by atoms with van der Waals surface area (Å²) in [5.74, 6) is -1.42. The average molecular weight is 335 g/mol. The third-order valence-electron chi connectivity index (χ3n) is 3.72. The van der Waals surface area contributed by atoms with E-state index in [1.807, 2.05) is 0 Å². The largest absolute Gasteiger partial charge is 0.487 e. The van der Waals surface area contributed by atoms with E-state index in [-0.39, 0.29) is 36.1 Å². The van der Waals surface area contributed by atoms with Crippen LogP contribution in [0.15, 0.2) is 18.2 Å². The number of amides is 1. The number of ether oxygens (including phenoxy) is 1. The molecule has 1 saturated heterocycles. The molecule has 1 fully saturated rings. The Morgan fingerprint density at radius 3 is 2.59 bits per heavy atom. The van der Waals surface area contributed by atoms with Gasteiger partial charge in [0.25, 0.3) is 0 Å². The highest BCUT2D eigenvalue weighted by atomic mass is 35.5. The molecule has 1 aromatic rings. The van der Waals surface area contributed by atoms with Crippen molar-refractivity contribution in [1.29, 1.82) is 0 Å². The van der Waals surface area contributed by atoms with Crippen LogP contribution < -0.4 is 10.5 Å². The molecule has 1 aliphatic rings. The molecule has 4 nitrogen and oxygen atoms in total. The van der Waals surface area contributed by atoms with Crippen molar-refractivity contribution in [2.45, 2.75) is 25.9 Å².